The van der Waals surface area contributed by atoms with Crippen LogP contribution < -0.4 is 5.14 Å². The Kier molecular flexibility index (Phi) is 4.95. The molecule has 0 spiro atoms. The molecule has 0 fully saturated rings. The van der Waals surface area contributed by atoms with E-state index < -0.39 is 51.3 Å². The predicted octanol–water partition coefficient (Wildman–Crippen LogP) is 1.50. The Morgan fingerprint density at radius 2 is 1.90 bits per heavy atom. The average Bonchev–Trinajstić information content (AvgIpc) is 2.33. The predicted molar refractivity (Wildman–Crippen MR) is 65.4 cm³/mol. The normalized spacial score (nSPS) is 12.3. The molecule has 5 nitrogen and oxygen atoms in total. The summed E-state index contributed by atoms with van der Waals surface area (Å²) in [6.45, 7) is -0.679. The van der Waals surface area contributed by atoms with Crippen LogP contribution >= 0.6 is 0 Å². The summed E-state index contributed by atoms with van der Waals surface area (Å²) in [6, 6.07) is 2.26. The highest BCUT2D eigenvalue weighted by Gasteiger charge is 2.29. The molecule has 0 heterocycles. The van der Waals surface area contributed by atoms with Crippen LogP contribution in [-0.2, 0) is 10.0 Å². The number of sulfonamides is 1. The van der Waals surface area contributed by atoms with Gasteiger partial charge in [0, 0.05) is 13.6 Å². The molecule has 118 valence electrons. The first kappa shape index (κ1) is 17.4. The fraction of sp³-hybridized carbons (Fsp3) is 0.364. The van der Waals surface area contributed by atoms with Crippen LogP contribution in [0.25, 0.3) is 0 Å². The Balaban J connectivity index is 3.02. The fourth-order valence-corrected chi connectivity index (χ4v) is 1.99. The van der Waals surface area contributed by atoms with Crippen molar-refractivity contribution in [3.05, 3.63) is 29.6 Å². The van der Waals surface area contributed by atoms with Gasteiger partial charge in [-0.15, -0.1) is 0 Å². The van der Waals surface area contributed by atoms with E-state index in [4.69, 9.17) is 5.14 Å². The standard InChI is InChI=1S/C11H12F4N2O3S/c1-17(5-4-11(13,14)15)10(18)8-6-7(21(16,19)20)2-3-9(8)12/h2-3,6H,4-5H2,1H3,(H2,16,19,20). The van der Waals surface area contributed by atoms with E-state index in [1.54, 1.807) is 0 Å². The molecule has 0 saturated carbocycles. The Morgan fingerprint density at radius 1 is 1.33 bits per heavy atom. The number of halogens is 4. The maximum Gasteiger partial charge on any atom is 0.390 e. The van der Waals surface area contributed by atoms with Gasteiger partial charge in [0.05, 0.1) is 16.9 Å². The molecule has 1 amide bonds. The number of carbonyl (C=O) groups excluding carboxylic acids is 1. The number of carbonyl (C=O) groups is 1. The summed E-state index contributed by atoms with van der Waals surface area (Å²) < 4.78 is 72.0. The SMILES string of the molecule is CN(CCC(F)(F)F)C(=O)c1cc(S(N)(=O)=O)ccc1F. The summed E-state index contributed by atoms with van der Waals surface area (Å²) in [5, 5.41) is 4.84. The van der Waals surface area contributed by atoms with Crippen molar-refractivity contribution in [3.63, 3.8) is 0 Å². The minimum absolute atomic E-state index is 0.503. The van der Waals surface area contributed by atoms with Crippen LogP contribution in [0.2, 0.25) is 0 Å². The van der Waals surface area contributed by atoms with E-state index in [1.165, 1.54) is 0 Å². The number of hydrogen-bond donors (Lipinski definition) is 1. The Labute approximate surface area is 118 Å². The molecule has 0 aliphatic rings. The molecule has 10 heteroatoms. The Hall–Kier alpha value is -1.68. The van der Waals surface area contributed by atoms with E-state index >= 15 is 0 Å². The Bertz CT molecular complexity index is 643. The summed E-state index contributed by atoms with van der Waals surface area (Å²) in [6.07, 6.45) is -5.72. The van der Waals surface area contributed by atoms with Gasteiger partial charge >= 0.3 is 6.18 Å². The van der Waals surface area contributed by atoms with Crippen molar-refractivity contribution in [2.45, 2.75) is 17.5 Å². The first-order valence-corrected chi connectivity index (χ1v) is 7.11. The average molecular weight is 328 g/mol. The summed E-state index contributed by atoms with van der Waals surface area (Å²) in [5.74, 6) is -2.12. The molecule has 1 aromatic rings. The third-order valence-electron chi connectivity index (χ3n) is 2.57. The first-order chi connectivity index (χ1) is 9.42. The van der Waals surface area contributed by atoms with Crippen LogP contribution in [0.4, 0.5) is 17.6 Å². The van der Waals surface area contributed by atoms with Gasteiger partial charge in [0.15, 0.2) is 0 Å². The van der Waals surface area contributed by atoms with E-state index in [9.17, 15) is 30.8 Å². The third-order valence-corrected chi connectivity index (χ3v) is 3.49. The maximum absolute atomic E-state index is 13.5. The van der Waals surface area contributed by atoms with Crippen LogP contribution in [0, 0.1) is 5.82 Å². The van der Waals surface area contributed by atoms with Crippen LogP contribution in [0.1, 0.15) is 16.8 Å². The lowest BCUT2D eigenvalue weighted by atomic mass is 10.2. The molecule has 1 aromatic carbocycles. The number of nitrogens with two attached hydrogens (primary N) is 1. The lowest BCUT2D eigenvalue weighted by Crippen LogP contribution is -2.31. The molecule has 0 aliphatic heterocycles. The summed E-state index contributed by atoms with van der Waals surface area (Å²) in [5.41, 5.74) is -0.661. The number of primary sulfonamides is 1. The van der Waals surface area contributed by atoms with Crippen LogP contribution in [-0.4, -0.2) is 39.0 Å². The second kappa shape index (κ2) is 5.98. The molecule has 21 heavy (non-hydrogen) atoms. The number of alkyl halides is 3. The molecule has 0 unspecified atom stereocenters. The molecule has 0 bridgehead atoms. The maximum atomic E-state index is 13.5. The summed E-state index contributed by atoms with van der Waals surface area (Å²) in [7, 11) is -3.10. The highest BCUT2D eigenvalue weighted by atomic mass is 32.2. The van der Waals surface area contributed by atoms with Crippen LogP contribution in [0.5, 0.6) is 0 Å². The molecule has 0 saturated heterocycles. The molecular weight excluding hydrogens is 316 g/mol. The van der Waals surface area contributed by atoms with Crippen LogP contribution in [0.15, 0.2) is 23.1 Å². The van der Waals surface area contributed by atoms with E-state index in [2.05, 4.69) is 0 Å². The molecule has 1 rings (SSSR count). The highest BCUT2D eigenvalue weighted by Crippen LogP contribution is 2.21. The minimum atomic E-state index is -4.46. The van der Waals surface area contributed by atoms with E-state index in [1.807, 2.05) is 0 Å². The van der Waals surface area contributed by atoms with Gasteiger partial charge in [0.25, 0.3) is 5.91 Å². The highest BCUT2D eigenvalue weighted by molar-refractivity contribution is 7.89. The number of hydrogen-bond acceptors (Lipinski definition) is 3. The van der Waals surface area contributed by atoms with Crippen molar-refractivity contribution in [2.75, 3.05) is 13.6 Å². The summed E-state index contributed by atoms with van der Waals surface area (Å²) >= 11 is 0. The third kappa shape index (κ3) is 4.97. The van der Waals surface area contributed by atoms with Gasteiger partial charge in [0.1, 0.15) is 5.82 Å². The van der Waals surface area contributed by atoms with Gasteiger partial charge in [-0.05, 0) is 18.2 Å². The van der Waals surface area contributed by atoms with Crippen molar-refractivity contribution in [1.82, 2.24) is 4.90 Å². The molecular formula is C11H12F4N2O3S. The zero-order valence-corrected chi connectivity index (χ0v) is 11.6. The van der Waals surface area contributed by atoms with Gasteiger partial charge in [-0.3, -0.25) is 4.79 Å². The van der Waals surface area contributed by atoms with Gasteiger partial charge in [0.2, 0.25) is 10.0 Å². The number of rotatable bonds is 4. The van der Waals surface area contributed by atoms with Crippen molar-refractivity contribution in [3.8, 4) is 0 Å². The summed E-state index contributed by atoms with van der Waals surface area (Å²) in [4.78, 5) is 12.0. The van der Waals surface area contributed by atoms with Gasteiger partial charge < -0.3 is 4.90 Å². The topological polar surface area (TPSA) is 80.5 Å². The second-order valence-corrected chi connectivity index (χ2v) is 5.84. The molecule has 0 atom stereocenters. The van der Waals surface area contributed by atoms with Gasteiger partial charge in [-0.1, -0.05) is 0 Å². The molecule has 0 radical (unpaired) electrons. The quantitative estimate of drug-likeness (QED) is 0.851. The van der Waals surface area contributed by atoms with Crippen LogP contribution in [0.3, 0.4) is 0 Å². The van der Waals surface area contributed by atoms with Crippen molar-refractivity contribution in [2.24, 2.45) is 5.14 Å². The second-order valence-electron chi connectivity index (χ2n) is 4.28. The number of amides is 1. The zero-order chi connectivity index (χ0) is 16.4. The van der Waals surface area contributed by atoms with E-state index in [-0.39, 0.29) is 0 Å². The Morgan fingerprint density at radius 3 is 2.38 bits per heavy atom. The molecule has 0 aliphatic carbocycles. The smallest absolute Gasteiger partial charge is 0.341 e. The van der Waals surface area contributed by atoms with Crippen molar-refractivity contribution >= 4 is 15.9 Å². The van der Waals surface area contributed by atoms with Crippen molar-refractivity contribution < 1.29 is 30.8 Å². The number of benzene rings is 1. The monoisotopic (exact) mass is 328 g/mol. The van der Waals surface area contributed by atoms with E-state index in [0.717, 1.165) is 13.1 Å². The lowest BCUT2D eigenvalue weighted by molar-refractivity contribution is -0.136. The van der Waals surface area contributed by atoms with Gasteiger partial charge in [-0.2, -0.15) is 13.2 Å². The lowest BCUT2D eigenvalue weighted by Gasteiger charge is -2.18. The van der Waals surface area contributed by atoms with E-state index in [0.29, 0.717) is 17.0 Å². The van der Waals surface area contributed by atoms with Gasteiger partial charge in [-0.25, -0.2) is 17.9 Å². The fourth-order valence-electron chi connectivity index (χ4n) is 1.45. The first-order valence-electron chi connectivity index (χ1n) is 5.56. The molecule has 2 N–H and O–H groups in total. The van der Waals surface area contributed by atoms with Crippen molar-refractivity contribution in [1.29, 1.82) is 0 Å². The molecule has 0 aromatic heterocycles. The number of nitrogens with zero attached hydrogens (tertiary/aromatic N) is 1. The largest absolute Gasteiger partial charge is 0.390 e. The minimum Gasteiger partial charge on any atom is -0.341 e. The zero-order valence-electron chi connectivity index (χ0n) is 10.8.